The molecule has 6 nitrogen and oxygen atoms in total. The van der Waals surface area contributed by atoms with Crippen molar-refractivity contribution in [1.82, 2.24) is 15.0 Å². The molecular formula is C12H12BrN3O3S2. The topological polar surface area (TPSA) is 88.2 Å². The number of sulfonamides is 1. The first kappa shape index (κ1) is 16.1. The van der Waals surface area contributed by atoms with Crippen LogP contribution in [-0.2, 0) is 16.6 Å². The van der Waals surface area contributed by atoms with Gasteiger partial charge in [0.15, 0.2) is 0 Å². The van der Waals surface area contributed by atoms with E-state index in [9.17, 15) is 13.2 Å². The number of hydrogen-bond donors (Lipinski definition) is 2. The molecule has 0 saturated heterocycles. The Morgan fingerprint density at radius 2 is 2.14 bits per heavy atom. The minimum Gasteiger partial charge on any atom is -0.347 e. The van der Waals surface area contributed by atoms with Crippen LogP contribution in [0.1, 0.15) is 15.2 Å². The molecule has 0 aliphatic heterocycles. The van der Waals surface area contributed by atoms with E-state index in [0.29, 0.717) is 10.0 Å². The van der Waals surface area contributed by atoms with E-state index in [2.05, 4.69) is 31.0 Å². The number of pyridine rings is 1. The third kappa shape index (κ3) is 4.10. The lowest BCUT2D eigenvalue weighted by Gasteiger charge is -2.03. The van der Waals surface area contributed by atoms with E-state index in [1.54, 1.807) is 18.3 Å². The lowest BCUT2D eigenvalue weighted by molar-refractivity contribution is 0.0951. The molecule has 112 valence electrons. The number of nitrogens with zero attached hydrogens (tertiary/aromatic N) is 1. The lowest BCUT2D eigenvalue weighted by Crippen LogP contribution is -2.22. The van der Waals surface area contributed by atoms with E-state index in [1.807, 2.05) is 0 Å². The molecule has 1 amide bonds. The summed E-state index contributed by atoms with van der Waals surface area (Å²) < 4.78 is 26.4. The SMILES string of the molecule is CNS(=O)(=O)c1ccc(CNC(=O)c2cncc(Br)c2)s1. The van der Waals surface area contributed by atoms with Gasteiger partial charge in [0.1, 0.15) is 4.21 Å². The summed E-state index contributed by atoms with van der Waals surface area (Å²) >= 11 is 4.36. The van der Waals surface area contributed by atoms with Crippen LogP contribution in [0, 0.1) is 0 Å². The molecule has 2 N–H and O–H groups in total. The average molecular weight is 390 g/mol. The average Bonchev–Trinajstić information content (AvgIpc) is 2.94. The maximum atomic E-state index is 11.9. The molecule has 2 heterocycles. The molecule has 0 aromatic carbocycles. The highest BCUT2D eigenvalue weighted by Gasteiger charge is 2.14. The van der Waals surface area contributed by atoms with Crippen LogP contribution in [0.3, 0.4) is 0 Å². The minimum absolute atomic E-state index is 0.221. The fourth-order valence-electron chi connectivity index (χ4n) is 1.50. The maximum Gasteiger partial charge on any atom is 0.253 e. The van der Waals surface area contributed by atoms with Crippen molar-refractivity contribution in [3.8, 4) is 0 Å². The van der Waals surface area contributed by atoms with Crippen LogP contribution in [0.15, 0.2) is 39.3 Å². The Labute approximate surface area is 134 Å². The molecule has 0 saturated carbocycles. The molecule has 0 radical (unpaired) electrons. The van der Waals surface area contributed by atoms with Crippen molar-refractivity contribution >= 4 is 43.2 Å². The van der Waals surface area contributed by atoms with Crippen molar-refractivity contribution in [3.05, 3.63) is 45.5 Å². The number of halogens is 1. The Hall–Kier alpha value is -1.29. The molecule has 0 bridgehead atoms. The lowest BCUT2D eigenvalue weighted by atomic mass is 10.2. The molecule has 21 heavy (non-hydrogen) atoms. The van der Waals surface area contributed by atoms with Crippen molar-refractivity contribution < 1.29 is 13.2 Å². The Balaban J connectivity index is 2.02. The fraction of sp³-hybridized carbons (Fsp3) is 0.167. The van der Waals surface area contributed by atoms with Crippen molar-refractivity contribution in [2.45, 2.75) is 10.8 Å². The summed E-state index contributed by atoms with van der Waals surface area (Å²) in [6.07, 6.45) is 3.05. The van der Waals surface area contributed by atoms with Crippen molar-refractivity contribution in [2.75, 3.05) is 7.05 Å². The van der Waals surface area contributed by atoms with Gasteiger partial charge in [-0.15, -0.1) is 11.3 Å². The summed E-state index contributed by atoms with van der Waals surface area (Å²) in [6.45, 7) is 0.259. The van der Waals surface area contributed by atoms with Gasteiger partial charge in [-0.25, -0.2) is 13.1 Å². The van der Waals surface area contributed by atoms with Crippen LogP contribution >= 0.6 is 27.3 Å². The highest BCUT2D eigenvalue weighted by molar-refractivity contribution is 9.10. The molecule has 9 heteroatoms. The van der Waals surface area contributed by atoms with Gasteiger partial charge in [-0.1, -0.05) is 0 Å². The molecule has 2 aromatic rings. The third-order valence-electron chi connectivity index (χ3n) is 2.56. The van der Waals surface area contributed by atoms with Crippen LogP contribution in [0.25, 0.3) is 0 Å². The Morgan fingerprint density at radius 3 is 2.81 bits per heavy atom. The molecule has 0 aliphatic carbocycles. The van der Waals surface area contributed by atoms with Gasteiger partial charge in [-0.05, 0) is 41.2 Å². The zero-order chi connectivity index (χ0) is 15.5. The molecular weight excluding hydrogens is 378 g/mol. The van der Waals surface area contributed by atoms with Gasteiger partial charge in [-0.3, -0.25) is 9.78 Å². The van der Waals surface area contributed by atoms with Gasteiger partial charge >= 0.3 is 0 Å². The van der Waals surface area contributed by atoms with Crippen LogP contribution in [0.4, 0.5) is 0 Å². The second-order valence-electron chi connectivity index (χ2n) is 4.00. The van der Waals surface area contributed by atoms with E-state index in [-0.39, 0.29) is 16.7 Å². The number of nitrogens with one attached hydrogen (secondary N) is 2. The normalized spacial score (nSPS) is 11.3. The second-order valence-corrected chi connectivity index (χ2v) is 8.20. The van der Waals surface area contributed by atoms with Gasteiger partial charge in [0.05, 0.1) is 12.1 Å². The Kier molecular flexibility index (Phi) is 5.09. The van der Waals surface area contributed by atoms with Crippen LogP contribution in [0.5, 0.6) is 0 Å². The molecule has 2 rings (SSSR count). The first-order valence-corrected chi connectivity index (χ1v) is 8.92. The molecule has 2 aromatic heterocycles. The summed E-state index contributed by atoms with van der Waals surface area (Å²) in [6, 6.07) is 4.85. The number of carbonyl (C=O) groups is 1. The number of aromatic nitrogens is 1. The van der Waals surface area contributed by atoms with E-state index in [1.165, 1.54) is 19.3 Å². The van der Waals surface area contributed by atoms with Crippen LogP contribution < -0.4 is 10.0 Å². The Morgan fingerprint density at radius 1 is 1.38 bits per heavy atom. The van der Waals surface area contributed by atoms with Gasteiger partial charge in [0.25, 0.3) is 5.91 Å². The zero-order valence-electron chi connectivity index (χ0n) is 11.0. The first-order valence-electron chi connectivity index (χ1n) is 5.83. The Bertz CT molecular complexity index is 759. The van der Waals surface area contributed by atoms with Crippen molar-refractivity contribution in [2.24, 2.45) is 0 Å². The number of carbonyl (C=O) groups excluding carboxylic acids is 1. The number of amides is 1. The van der Waals surface area contributed by atoms with E-state index in [0.717, 1.165) is 16.2 Å². The van der Waals surface area contributed by atoms with Gasteiger partial charge in [0.2, 0.25) is 10.0 Å². The predicted molar refractivity (Wildman–Crippen MR) is 83.7 cm³/mol. The van der Waals surface area contributed by atoms with E-state index in [4.69, 9.17) is 0 Å². The van der Waals surface area contributed by atoms with Gasteiger partial charge in [0, 0.05) is 21.7 Å². The predicted octanol–water partition coefficient (Wildman–Crippen LogP) is 1.74. The number of hydrogen-bond acceptors (Lipinski definition) is 5. The van der Waals surface area contributed by atoms with Crippen LogP contribution in [-0.4, -0.2) is 26.4 Å². The summed E-state index contributed by atoms with van der Waals surface area (Å²) in [5.74, 6) is -0.268. The first-order chi connectivity index (χ1) is 9.92. The van der Waals surface area contributed by atoms with E-state index < -0.39 is 10.0 Å². The van der Waals surface area contributed by atoms with Crippen LogP contribution in [0.2, 0.25) is 0 Å². The standard InChI is InChI=1S/C12H12BrN3O3S2/c1-14-21(18,19)11-3-2-10(20-11)7-16-12(17)8-4-9(13)6-15-5-8/h2-6,14H,7H2,1H3,(H,16,17). The van der Waals surface area contributed by atoms with Gasteiger partial charge in [-0.2, -0.15) is 0 Å². The monoisotopic (exact) mass is 389 g/mol. The minimum atomic E-state index is -3.43. The maximum absolute atomic E-state index is 11.9. The third-order valence-corrected chi connectivity index (χ3v) is 5.99. The second kappa shape index (κ2) is 6.65. The molecule has 0 aliphatic rings. The molecule has 0 unspecified atom stereocenters. The molecule has 0 atom stereocenters. The number of rotatable bonds is 5. The molecule has 0 spiro atoms. The summed E-state index contributed by atoms with van der Waals surface area (Å²) in [5.41, 5.74) is 0.434. The smallest absolute Gasteiger partial charge is 0.253 e. The summed E-state index contributed by atoms with van der Waals surface area (Å²) in [5, 5.41) is 2.72. The van der Waals surface area contributed by atoms with Crippen molar-refractivity contribution in [3.63, 3.8) is 0 Å². The zero-order valence-corrected chi connectivity index (χ0v) is 14.2. The quantitative estimate of drug-likeness (QED) is 0.814. The summed E-state index contributed by atoms with van der Waals surface area (Å²) in [4.78, 5) is 16.6. The highest BCUT2D eigenvalue weighted by Crippen LogP contribution is 2.21. The number of thiophene rings is 1. The summed E-state index contributed by atoms with van der Waals surface area (Å²) in [7, 11) is -2.08. The van der Waals surface area contributed by atoms with E-state index >= 15 is 0 Å². The fourth-order valence-corrected chi connectivity index (χ4v) is 4.00. The van der Waals surface area contributed by atoms with Crippen molar-refractivity contribution in [1.29, 1.82) is 0 Å². The highest BCUT2D eigenvalue weighted by atomic mass is 79.9. The largest absolute Gasteiger partial charge is 0.347 e. The molecule has 0 fully saturated rings. The van der Waals surface area contributed by atoms with Gasteiger partial charge < -0.3 is 5.32 Å².